The number of nitrogens with zero attached hydrogens (tertiary/aromatic N) is 2. The molecule has 0 atom stereocenters. The third-order valence-electron chi connectivity index (χ3n) is 3.73. The van der Waals surface area contributed by atoms with Crippen molar-refractivity contribution in [2.24, 2.45) is 7.05 Å². The van der Waals surface area contributed by atoms with E-state index in [1.54, 1.807) is 12.3 Å². The van der Waals surface area contributed by atoms with Crippen LogP contribution in [-0.4, -0.2) is 35.9 Å². The van der Waals surface area contributed by atoms with Gasteiger partial charge in [0.25, 0.3) is 0 Å². The Morgan fingerprint density at radius 2 is 2.10 bits per heavy atom. The first kappa shape index (κ1) is 15.5. The van der Waals surface area contributed by atoms with Gasteiger partial charge in [0.15, 0.2) is 0 Å². The predicted octanol–water partition coefficient (Wildman–Crippen LogP) is 1.70. The van der Waals surface area contributed by atoms with Crippen LogP contribution in [-0.2, 0) is 23.6 Å². The van der Waals surface area contributed by atoms with Crippen molar-refractivity contribution in [3.63, 3.8) is 0 Å². The molecule has 1 aliphatic rings. The van der Waals surface area contributed by atoms with Crippen molar-refractivity contribution in [1.29, 1.82) is 0 Å². The molecule has 2 rings (SSSR count). The zero-order chi connectivity index (χ0) is 14.9. The van der Waals surface area contributed by atoms with Crippen molar-refractivity contribution in [2.75, 3.05) is 6.54 Å². The molecule has 0 saturated heterocycles. The number of hydrogen-bond donors (Lipinski definition) is 1. The van der Waals surface area contributed by atoms with Crippen LogP contribution in [0.1, 0.15) is 39.3 Å². The van der Waals surface area contributed by atoms with Crippen LogP contribution in [0.5, 0.6) is 0 Å². The van der Waals surface area contributed by atoms with Gasteiger partial charge in [-0.05, 0) is 32.8 Å². The first-order valence-electron chi connectivity index (χ1n) is 7.26. The third-order valence-corrected chi connectivity index (χ3v) is 5.84. The first-order valence-corrected chi connectivity index (χ1v) is 8.70. The second-order valence-electron chi connectivity index (χ2n) is 5.74. The number of aryl methyl sites for hydroxylation is 1. The van der Waals surface area contributed by atoms with Crippen LogP contribution in [0.3, 0.4) is 0 Å². The summed E-state index contributed by atoms with van der Waals surface area (Å²) in [5.41, 5.74) is 1.01. The number of rotatable bonds is 7. The van der Waals surface area contributed by atoms with E-state index in [1.165, 1.54) is 17.1 Å². The van der Waals surface area contributed by atoms with Gasteiger partial charge < -0.3 is 9.88 Å². The molecule has 20 heavy (non-hydrogen) atoms. The fraction of sp³-hybridized carbons (Fsp3) is 0.714. The topological polar surface area (TPSA) is 54.3 Å². The average Bonchev–Trinajstić information content (AvgIpc) is 3.10. The van der Waals surface area contributed by atoms with Gasteiger partial charge in [0.1, 0.15) is 4.90 Å². The fourth-order valence-electron chi connectivity index (χ4n) is 2.38. The highest BCUT2D eigenvalue weighted by Crippen LogP contribution is 2.22. The SMILES string of the molecule is CCN(C(C)C)S(=O)(=O)c1cc(CNC2CC2)n(C)c1. The smallest absolute Gasteiger partial charge is 0.244 e. The Morgan fingerprint density at radius 3 is 2.60 bits per heavy atom. The molecule has 0 unspecified atom stereocenters. The van der Waals surface area contributed by atoms with E-state index >= 15 is 0 Å². The van der Waals surface area contributed by atoms with Gasteiger partial charge >= 0.3 is 0 Å². The zero-order valence-corrected chi connectivity index (χ0v) is 13.6. The van der Waals surface area contributed by atoms with Crippen molar-refractivity contribution < 1.29 is 8.42 Å². The standard InChI is InChI=1S/C14H25N3O2S/c1-5-17(11(2)3)20(18,19)14-8-13(16(4)10-14)9-15-12-6-7-12/h8,10-12,15H,5-7,9H2,1-4H3. The highest BCUT2D eigenvalue weighted by atomic mass is 32.2. The van der Waals surface area contributed by atoms with Gasteiger partial charge in [-0.15, -0.1) is 0 Å². The van der Waals surface area contributed by atoms with E-state index in [0.717, 1.165) is 12.2 Å². The molecular formula is C14H25N3O2S. The maximum absolute atomic E-state index is 12.6. The Kier molecular flexibility index (Phi) is 4.56. The summed E-state index contributed by atoms with van der Waals surface area (Å²) < 4.78 is 28.7. The lowest BCUT2D eigenvalue weighted by Crippen LogP contribution is -2.36. The van der Waals surface area contributed by atoms with Gasteiger partial charge in [-0.1, -0.05) is 6.92 Å². The minimum atomic E-state index is -3.39. The summed E-state index contributed by atoms with van der Waals surface area (Å²) >= 11 is 0. The zero-order valence-electron chi connectivity index (χ0n) is 12.8. The molecule has 1 heterocycles. The quantitative estimate of drug-likeness (QED) is 0.833. The lowest BCUT2D eigenvalue weighted by molar-refractivity contribution is 0.369. The van der Waals surface area contributed by atoms with Gasteiger partial charge in [0.2, 0.25) is 10.0 Å². The average molecular weight is 299 g/mol. The Hall–Kier alpha value is -0.850. The van der Waals surface area contributed by atoms with Crippen LogP contribution in [0.4, 0.5) is 0 Å². The molecule has 1 fully saturated rings. The molecule has 5 nitrogen and oxygen atoms in total. The Morgan fingerprint density at radius 1 is 1.45 bits per heavy atom. The molecule has 114 valence electrons. The van der Waals surface area contributed by atoms with Crippen molar-refractivity contribution >= 4 is 10.0 Å². The molecule has 0 radical (unpaired) electrons. The number of sulfonamides is 1. The molecule has 1 saturated carbocycles. The van der Waals surface area contributed by atoms with E-state index in [2.05, 4.69) is 5.32 Å². The number of nitrogens with one attached hydrogen (secondary N) is 1. The van der Waals surface area contributed by atoms with E-state index < -0.39 is 10.0 Å². The maximum Gasteiger partial charge on any atom is 0.244 e. The Balaban J connectivity index is 2.20. The predicted molar refractivity (Wildman–Crippen MR) is 80.0 cm³/mol. The van der Waals surface area contributed by atoms with E-state index in [9.17, 15) is 8.42 Å². The summed E-state index contributed by atoms with van der Waals surface area (Å²) in [5.74, 6) is 0. The molecule has 0 aliphatic heterocycles. The normalized spacial score (nSPS) is 16.3. The van der Waals surface area contributed by atoms with Crippen LogP contribution in [0.2, 0.25) is 0 Å². The van der Waals surface area contributed by atoms with Crippen LogP contribution >= 0.6 is 0 Å². The summed E-state index contributed by atoms with van der Waals surface area (Å²) in [4.78, 5) is 0.392. The van der Waals surface area contributed by atoms with Crippen LogP contribution in [0.15, 0.2) is 17.2 Å². The highest BCUT2D eigenvalue weighted by molar-refractivity contribution is 7.89. The largest absolute Gasteiger partial charge is 0.352 e. The summed E-state index contributed by atoms with van der Waals surface area (Å²) in [6, 6.07) is 2.38. The molecule has 1 aromatic heterocycles. The van der Waals surface area contributed by atoms with E-state index in [4.69, 9.17) is 0 Å². The monoisotopic (exact) mass is 299 g/mol. The molecule has 6 heteroatoms. The highest BCUT2D eigenvalue weighted by Gasteiger charge is 2.27. The van der Waals surface area contributed by atoms with Crippen molar-refractivity contribution in [3.05, 3.63) is 18.0 Å². The number of aromatic nitrogens is 1. The van der Waals surface area contributed by atoms with Crippen LogP contribution in [0.25, 0.3) is 0 Å². The second-order valence-corrected chi connectivity index (χ2v) is 7.63. The summed E-state index contributed by atoms with van der Waals surface area (Å²) in [5, 5.41) is 3.42. The third kappa shape index (κ3) is 3.24. The maximum atomic E-state index is 12.6. The fourth-order valence-corrected chi connectivity index (χ4v) is 4.12. The summed E-state index contributed by atoms with van der Waals surface area (Å²) in [6.07, 6.45) is 4.17. The lowest BCUT2D eigenvalue weighted by atomic mass is 10.4. The molecule has 0 amide bonds. The number of hydrogen-bond acceptors (Lipinski definition) is 3. The molecular weight excluding hydrogens is 274 g/mol. The Labute approximate surface area is 122 Å². The molecule has 1 aromatic rings. The molecule has 0 spiro atoms. The van der Waals surface area contributed by atoms with E-state index in [1.807, 2.05) is 32.4 Å². The molecule has 0 aromatic carbocycles. The lowest BCUT2D eigenvalue weighted by Gasteiger charge is -2.23. The summed E-state index contributed by atoms with van der Waals surface area (Å²) in [6.45, 7) is 6.89. The van der Waals surface area contributed by atoms with Gasteiger partial charge in [-0.25, -0.2) is 8.42 Å². The van der Waals surface area contributed by atoms with Crippen molar-refractivity contribution in [1.82, 2.24) is 14.2 Å². The Bertz CT molecular complexity index is 559. The van der Waals surface area contributed by atoms with Gasteiger partial charge in [0, 0.05) is 44.1 Å². The van der Waals surface area contributed by atoms with Crippen molar-refractivity contribution in [2.45, 2.75) is 57.1 Å². The van der Waals surface area contributed by atoms with Crippen molar-refractivity contribution in [3.8, 4) is 0 Å². The second kappa shape index (κ2) is 5.87. The van der Waals surface area contributed by atoms with Gasteiger partial charge in [-0.2, -0.15) is 4.31 Å². The van der Waals surface area contributed by atoms with E-state index in [0.29, 0.717) is 17.5 Å². The minimum Gasteiger partial charge on any atom is -0.352 e. The van der Waals surface area contributed by atoms with Gasteiger partial charge in [-0.3, -0.25) is 0 Å². The summed E-state index contributed by atoms with van der Waals surface area (Å²) in [7, 11) is -1.49. The van der Waals surface area contributed by atoms with Gasteiger partial charge in [0.05, 0.1) is 0 Å². The molecule has 1 aliphatic carbocycles. The first-order chi connectivity index (χ1) is 9.36. The van der Waals surface area contributed by atoms with Crippen LogP contribution in [0, 0.1) is 0 Å². The van der Waals surface area contributed by atoms with E-state index in [-0.39, 0.29) is 6.04 Å². The minimum absolute atomic E-state index is 0.0294. The molecule has 1 N–H and O–H groups in total. The molecule has 0 bridgehead atoms. The van der Waals surface area contributed by atoms with Crippen LogP contribution < -0.4 is 5.32 Å².